The fourth-order valence-corrected chi connectivity index (χ4v) is 3.49. The molecule has 0 unspecified atom stereocenters. The summed E-state index contributed by atoms with van der Waals surface area (Å²) in [5, 5.41) is 8.76. The van der Waals surface area contributed by atoms with Gasteiger partial charge in [-0.15, -0.1) is 21.5 Å². The maximum absolute atomic E-state index is 12.0. The van der Waals surface area contributed by atoms with Gasteiger partial charge in [0.15, 0.2) is 10.8 Å². The average molecular weight is 333 g/mol. The first-order chi connectivity index (χ1) is 10.6. The molecular weight excluding hydrogens is 320 g/mol. The van der Waals surface area contributed by atoms with Crippen LogP contribution in [0.5, 0.6) is 0 Å². The quantitative estimate of drug-likeness (QED) is 0.663. The van der Waals surface area contributed by atoms with Crippen molar-refractivity contribution in [3.05, 3.63) is 46.7 Å². The Bertz CT molecular complexity index is 843. The number of aryl methyl sites for hydroxylation is 1. The van der Waals surface area contributed by atoms with Gasteiger partial charge in [0.25, 0.3) is 0 Å². The summed E-state index contributed by atoms with van der Waals surface area (Å²) in [5.74, 6) is -0.478. The van der Waals surface area contributed by atoms with Crippen LogP contribution in [0.25, 0.3) is 20.5 Å². The van der Waals surface area contributed by atoms with Crippen molar-refractivity contribution in [2.45, 2.75) is 13.8 Å². The lowest BCUT2D eigenvalue weighted by molar-refractivity contribution is 0.0521. The average Bonchev–Trinajstić information content (AvgIpc) is 2.94. The molecule has 3 rings (SSSR count). The maximum atomic E-state index is 12.0. The minimum Gasteiger partial charge on any atom is -0.461 e. The standard InChI is InChI=1S/C16H13ClN2O2S/c1-3-21-16(20)13-14-11(15(17)19-18-13)8-12(22-14)10-6-4-9(2)5-7-10/h4-8H,3H2,1-2H3. The smallest absolute Gasteiger partial charge is 0.360 e. The van der Waals surface area contributed by atoms with Gasteiger partial charge in [-0.05, 0) is 25.5 Å². The fourth-order valence-electron chi connectivity index (χ4n) is 2.11. The predicted molar refractivity (Wildman–Crippen MR) is 88.6 cm³/mol. The van der Waals surface area contributed by atoms with Gasteiger partial charge in [-0.1, -0.05) is 41.4 Å². The number of carbonyl (C=O) groups excluding carboxylic acids is 1. The largest absolute Gasteiger partial charge is 0.461 e. The van der Waals surface area contributed by atoms with Crippen LogP contribution in [0.2, 0.25) is 5.15 Å². The molecule has 4 nitrogen and oxygen atoms in total. The molecule has 0 aliphatic carbocycles. The van der Waals surface area contributed by atoms with Crippen LogP contribution in [0.15, 0.2) is 30.3 Å². The molecule has 0 atom stereocenters. The Kier molecular flexibility index (Phi) is 4.09. The van der Waals surface area contributed by atoms with Gasteiger partial charge in [0.2, 0.25) is 0 Å². The molecule has 0 spiro atoms. The Morgan fingerprint density at radius 3 is 2.68 bits per heavy atom. The first kappa shape index (κ1) is 14.9. The van der Waals surface area contributed by atoms with Crippen molar-refractivity contribution in [1.29, 1.82) is 0 Å². The highest BCUT2D eigenvalue weighted by molar-refractivity contribution is 7.22. The maximum Gasteiger partial charge on any atom is 0.360 e. The van der Waals surface area contributed by atoms with Crippen LogP contribution >= 0.6 is 22.9 Å². The van der Waals surface area contributed by atoms with E-state index < -0.39 is 5.97 Å². The second-order valence-electron chi connectivity index (χ2n) is 4.78. The number of thiophene rings is 1. The highest BCUT2D eigenvalue weighted by Gasteiger charge is 2.19. The second kappa shape index (κ2) is 6.02. The molecule has 112 valence electrons. The molecule has 0 amide bonds. The van der Waals surface area contributed by atoms with Crippen molar-refractivity contribution >= 4 is 39.0 Å². The van der Waals surface area contributed by atoms with Crippen LogP contribution in [-0.2, 0) is 4.74 Å². The highest BCUT2D eigenvalue weighted by atomic mass is 35.5. The lowest BCUT2D eigenvalue weighted by Crippen LogP contribution is -2.08. The molecule has 0 fully saturated rings. The Balaban J connectivity index is 2.15. The van der Waals surface area contributed by atoms with Crippen LogP contribution in [0.4, 0.5) is 0 Å². The lowest BCUT2D eigenvalue weighted by Gasteiger charge is -2.01. The molecule has 3 aromatic rings. The Labute approximate surface area is 136 Å². The third kappa shape index (κ3) is 2.69. The van der Waals surface area contributed by atoms with Crippen molar-refractivity contribution in [2.75, 3.05) is 6.61 Å². The molecule has 1 aromatic carbocycles. The molecule has 22 heavy (non-hydrogen) atoms. The molecule has 0 aliphatic heterocycles. The SMILES string of the molecule is CCOC(=O)c1nnc(Cl)c2cc(-c3ccc(C)cc3)sc12. The van der Waals surface area contributed by atoms with Crippen LogP contribution < -0.4 is 0 Å². The summed E-state index contributed by atoms with van der Waals surface area (Å²) in [6.45, 7) is 4.09. The summed E-state index contributed by atoms with van der Waals surface area (Å²) in [6.07, 6.45) is 0. The zero-order valence-electron chi connectivity index (χ0n) is 12.1. The Morgan fingerprint density at radius 2 is 2.00 bits per heavy atom. The number of ether oxygens (including phenoxy) is 1. The van der Waals surface area contributed by atoms with Crippen molar-refractivity contribution < 1.29 is 9.53 Å². The summed E-state index contributed by atoms with van der Waals surface area (Å²) in [4.78, 5) is 13.0. The highest BCUT2D eigenvalue weighted by Crippen LogP contribution is 2.37. The van der Waals surface area contributed by atoms with Gasteiger partial charge in [-0.2, -0.15) is 0 Å². The first-order valence-electron chi connectivity index (χ1n) is 6.80. The van der Waals surface area contributed by atoms with E-state index in [4.69, 9.17) is 16.3 Å². The molecule has 0 saturated heterocycles. The van der Waals surface area contributed by atoms with E-state index in [0.29, 0.717) is 11.3 Å². The van der Waals surface area contributed by atoms with Crippen molar-refractivity contribution in [3.8, 4) is 10.4 Å². The van der Waals surface area contributed by atoms with Crippen LogP contribution in [0.3, 0.4) is 0 Å². The Hall–Kier alpha value is -1.98. The molecule has 2 heterocycles. The normalized spacial score (nSPS) is 10.9. The third-order valence-electron chi connectivity index (χ3n) is 3.21. The van der Waals surface area contributed by atoms with E-state index in [2.05, 4.69) is 10.2 Å². The Morgan fingerprint density at radius 1 is 1.27 bits per heavy atom. The van der Waals surface area contributed by atoms with E-state index in [0.717, 1.165) is 15.8 Å². The second-order valence-corrected chi connectivity index (χ2v) is 6.19. The molecule has 0 radical (unpaired) electrons. The number of esters is 1. The van der Waals surface area contributed by atoms with E-state index in [-0.39, 0.29) is 10.8 Å². The zero-order valence-corrected chi connectivity index (χ0v) is 13.7. The lowest BCUT2D eigenvalue weighted by atomic mass is 10.1. The number of aromatic nitrogens is 2. The van der Waals surface area contributed by atoms with Gasteiger partial charge in [0.1, 0.15) is 0 Å². The monoisotopic (exact) mass is 332 g/mol. The fraction of sp³-hybridized carbons (Fsp3) is 0.188. The zero-order chi connectivity index (χ0) is 15.7. The van der Waals surface area contributed by atoms with Gasteiger partial charge in [-0.25, -0.2) is 4.79 Å². The molecule has 0 aliphatic rings. The number of nitrogens with zero attached hydrogens (tertiary/aromatic N) is 2. The van der Waals surface area contributed by atoms with Crippen LogP contribution in [0, 0.1) is 6.92 Å². The molecule has 2 aromatic heterocycles. The van der Waals surface area contributed by atoms with E-state index >= 15 is 0 Å². The number of carbonyl (C=O) groups is 1. The van der Waals surface area contributed by atoms with Crippen LogP contribution in [-0.4, -0.2) is 22.8 Å². The van der Waals surface area contributed by atoms with Gasteiger partial charge in [-0.3, -0.25) is 0 Å². The van der Waals surface area contributed by atoms with Crippen molar-refractivity contribution in [3.63, 3.8) is 0 Å². The van der Waals surface area contributed by atoms with E-state index in [1.54, 1.807) is 6.92 Å². The summed E-state index contributed by atoms with van der Waals surface area (Å²) >= 11 is 7.58. The van der Waals surface area contributed by atoms with E-state index in [9.17, 15) is 4.79 Å². The van der Waals surface area contributed by atoms with Gasteiger partial charge < -0.3 is 4.74 Å². The third-order valence-corrected chi connectivity index (χ3v) is 4.68. The van der Waals surface area contributed by atoms with Gasteiger partial charge >= 0.3 is 5.97 Å². The number of hydrogen-bond donors (Lipinski definition) is 0. The van der Waals surface area contributed by atoms with Gasteiger partial charge in [0, 0.05) is 10.3 Å². The molecular formula is C16H13ClN2O2S. The summed E-state index contributed by atoms with van der Waals surface area (Å²) in [6, 6.07) is 10.1. The molecule has 0 N–H and O–H groups in total. The first-order valence-corrected chi connectivity index (χ1v) is 7.99. The number of benzene rings is 1. The predicted octanol–water partition coefficient (Wildman–Crippen LogP) is 4.50. The minimum atomic E-state index is -0.478. The minimum absolute atomic E-state index is 0.213. The number of hydrogen-bond acceptors (Lipinski definition) is 5. The van der Waals surface area contributed by atoms with Gasteiger partial charge in [0.05, 0.1) is 11.3 Å². The molecule has 0 bridgehead atoms. The summed E-state index contributed by atoms with van der Waals surface area (Å²) in [5.41, 5.74) is 2.47. The van der Waals surface area contributed by atoms with Crippen molar-refractivity contribution in [2.24, 2.45) is 0 Å². The molecule has 6 heteroatoms. The van der Waals surface area contributed by atoms with E-state index in [1.165, 1.54) is 16.9 Å². The van der Waals surface area contributed by atoms with E-state index in [1.807, 2.05) is 37.3 Å². The number of fused-ring (bicyclic) bond motifs is 1. The summed E-state index contributed by atoms with van der Waals surface area (Å²) in [7, 11) is 0. The summed E-state index contributed by atoms with van der Waals surface area (Å²) < 4.78 is 5.73. The van der Waals surface area contributed by atoms with Crippen LogP contribution in [0.1, 0.15) is 23.0 Å². The van der Waals surface area contributed by atoms with Crippen molar-refractivity contribution in [1.82, 2.24) is 10.2 Å². The number of halogens is 1. The topological polar surface area (TPSA) is 52.1 Å². The molecule has 0 saturated carbocycles. The number of rotatable bonds is 3.